The van der Waals surface area contributed by atoms with Crippen molar-refractivity contribution >= 4 is 29.5 Å². The Morgan fingerprint density at radius 2 is 1.72 bits per heavy atom. The lowest BCUT2D eigenvalue weighted by atomic mass is 10.00. The number of hydrogen-bond donors (Lipinski definition) is 0. The van der Waals surface area contributed by atoms with Gasteiger partial charge in [0, 0.05) is 44.3 Å². The number of likely N-dealkylation sites (tertiary alicyclic amines) is 1. The molecule has 0 aromatic carbocycles. The number of piperidine rings is 1. The number of aromatic nitrogens is 3. The van der Waals surface area contributed by atoms with Gasteiger partial charge in [0.15, 0.2) is 5.16 Å². The highest BCUT2D eigenvalue weighted by Gasteiger charge is 2.33. The number of rotatable bonds is 6. The van der Waals surface area contributed by atoms with Crippen molar-refractivity contribution in [2.24, 2.45) is 5.92 Å². The van der Waals surface area contributed by atoms with E-state index in [1.165, 1.54) is 30.6 Å². The van der Waals surface area contributed by atoms with Crippen LogP contribution in [0.15, 0.2) is 5.16 Å². The molecule has 4 rings (SSSR count). The van der Waals surface area contributed by atoms with Gasteiger partial charge in [0.05, 0.1) is 0 Å². The van der Waals surface area contributed by atoms with Gasteiger partial charge in [-0.15, -0.1) is 10.2 Å². The Kier molecular flexibility index (Phi) is 4.71. The molecule has 3 aliphatic rings. The predicted molar refractivity (Wildman–Crippen MR) is 95.6 cm³/mol. The summed E-state index contributed by atoms with van der Waals surface area (Å²) in [5.41, 5.74) is 0. The lowest BCUT2D eigenvalue weighted by Crippen LogP contribution is -2.34. The summed E-state index contributed by atoms with van der Waals surface area (Å²) in [5, 5.41) is 9.82. The van der Waals surface area contributed by atoms with E-state index in [-0.39, 0.29) is 11.8 Å². The molecule has 136 valence electrons. The second-order valence-electron chi connectivity index (χ2n) is 7.34. The van der Waals surface area contributed by atoms with E-state index in [4.69, 9.17) is 0 Å². The van der Waals surface area contributed by atoms with Crippen molar-refractivity contribution in [3.05, 3.63) is 0 Å². The summed E-state index contributed by atoms with van der Waals surface area (Å²) >= 11 is 1.61. The van der Waals surface area contributed by atoms with Crippen LogP contribution >= 0.6 is 11.8 Å². The van der Waals surface area contributed by atoms with E-state index in [9.17, 15) is 9.59 Å². The first-order chi connectivity index (χ1) is 12.1. The maximum atomic E-state index is 11.7. The Hall–Kier alpha value is -1.57. The molecule has 0 N–H and O–H groups in total. The number of thioether (sulfide) groups is 1. The van der Waals surface area contributed by atoms with Crippen LogP contribution in [-0.2, 0) is 9.59 Å². The van der Waals surface area contributed by atoms with Gasteiger partial charge >= 0.3 is 0 Å². The fourth-order valence-electron chi connectivity index (χ4n) is 3.54. The van der Waals surface area contributed by atoms with E-state index in [1.54, 1.807) is 11.8 Å². The van der Waals surface area contributed by atoms with E-state index in [0.29, 0.717) is 31.2 Å². The van der Waals surface area contributed by atoms with Crippen molar-refractivity contribution in [1.29, 1.82) is 0 Å². The number of carbonyl (C=O) groups excluding carboxylic acids is 2. The fraction of sp³-hybridized carbons (Fsp3) is 0.765. The van der Waals surface area contributed by atoms with E-state index in [2.05, 4.69) is 26.6 Å². The average molecular weight is 363 g/mol. The summed E-state index contributed by atoms with van der Waals surface area (Å²) in [6, 6.07) is 0.516. The van der Waals surface area contributed by atoms with Gasteiger partial charge in [-0.1, -0.05) is 18.7 Å². The second-order valence-corrected chi connectivity index (χ2v) is 8.40. The molecule has 1 aliphatic carbocycles. The monoisotopic (exact) mass is 363 g/mol. The zero-order chi connectivity index (χ0) is 17.4. The first-order valence-corrected chi connectivity index (χ1v) is 10.3. The van der Waals surface area contributed by atoms with Gasteiger partial charge in [0.2, 0.25) is 17.8 Å². The topological polar surface area (TPSA) is 71.3 Å². The highest BCUT2D eigenvalue weighted by atomic mass is 32.2. The maximum absolute atomic E-state index is 11.7. The summed E-state index contributed by atoms with van der Waals surface area (Å²) in [7, 11) is 0. The molecular formula is C17H25N5O2S. The van der Waals surface area contributed by atoms with Crippen LogP contribution in [0.25, 0.3) is 0 Å². The van der Waals surface area contributed by atoms with Gasteiger partial charge in [-0.25, -0.2) is 0 Å². The summed E-state index contributed by atoms with van der Waals surface area (Å²) in [6.45, 7) is 4.88. The number of amides is 2. The minimum absolute atomic E-state index is 0.0441. The normalized spacial score (nSPS) is 22.3. The molecule has 1 saturated carbocycles. The van der Waals surface area contributed by atoms with Crippen molar-refractivity contribution in [2.45, 2.75) is 56.6 Å². The zero-order valence-electron chi connectivity index (χ0n) is 14.7. The molecule has 0 unspecified atom stereocenters. The third kappa shape index (κ3) is 3.54. The molecule has 2 saturated heterocycles. The Balaban J connectivity index is 1.41. The first kappa shape index (κ1) is 16.9. The van der Waals surface area contributed by atoms with Gasteiger partial charge in [-0.05, 0) is 31.6 Å². The smallest absolute Gasteiger partial charge is 0.229 e. The Morgan fingerprint density at radius 1 is 1.04 bits per heavy atom. The second kappa shape index (κ2) is 6.97. The molecule has 0 spiro atoms. The summed E-state index contributed by atoms with van der Waals surface area (Å²) in [5.74, 6) is 2.39. The molecule has 3 fully saturated rings. The lowest BCUT2D eigenvalue weighted by molar-refractivity contribution is -0.137. The number of hydrogen-bond acceptors (Lipinski definition) is 6. The van der Waals surface area contributed by atoms with Crippen LogP contribution in [0.2, 0.25) is 0 Å². The molecule has 25 heavy (non-hydrogen) atoms. The van der Waals surface area contributed by atoms with Gasteiger partial charge in [-0.2, -0.15) is 0 Å². The molecule has 2 amide bonds. The molecule has 2 aliphatic heterocycles. The molecule has 0 atom stereocenters. The number of carbonyl (C=O) groups is 2. The standard InChI is InChI=1S/C17H25N5O2S/c1-12-6-8-20(9-7-12)16-18-19-17(22(16)13-2-3-13)25-11-10-21-14(23)4-5-15(21)24/h12-13H,2-11H2,1H3. The van der Waals surface area contributed by atoms with Gasteiger partial charge < -0.3 is 4.90 Å². The SMILES string of the molecule is CC1CCN(c2nnc(SCCN3C(=O)CCC3=O)n2C2CC2)CC1. The van der Waals surface area contributed by atoms with Crippen LogP contribution in [0.5, 0.6) is 0 Å². The van der Waals surface area contributed by atoms with Crippen LogP contribution in [0.3, 0.4) is 0 Å². The number of anilines is 1. The molecule has 8 heteroatoms. The summed E-state index contributed by atoms with van der Waals surface area (Å²) < 4.78 is 2.29. The fourth-order valence-corrected chi connectivity index (χ4v) is 4.47. The maximum Gasteiger partial charge on any atom is 0.229 e. The molecule has 0 radical (unpaired) electrons. The van der Waals surface area contributed by atoms with E-state index in [0.717, 1.165) is 30.1 Å². The van der Waals surface area contributed by atoms with Crippen molar-refractivity contribution in [3.63, 3.8) is 0 Å². The van der Waals surface area contributed by atoms with E-state index < -0.39 is 0 Å². The van der Waals surface area contributed by atoms with Crippen molar-refractivity contribution < 1.29 is 9.59 Å². The van der Waals surface area contributed by atoms with Crippen LogP contribution in [0.4, 0.5) is 5.95 Å². The van der Waals surface area contributed by atoms with E-state index >= 15 is 0 Å². The highest BCUT2D eigenvalue weighted by molar-refractivity contribution is 7.99. The molecule has 1 aromatic heterocycles. The van der Waals surface area contributed by atoms with Crippen LogP contribution < -0.4 is 4.90 Å². The van der Waals surface area contributed by atoms with Gasteiger partial charge in [-0.3, -0.25) is 19.1 Å². The van der Waals surface area contributed by atoms with Gasteiger partial charge in [0.25, 0.3) is 0 Å². The lowest BCUT2D eigenvalue weighted by Gasteiger charge is -2.31. The van der Waals surface area contributed by atoms with Crippen LogP contribution in [-0.4, -0.2) is 56.9 Å². The molecular weight excluding hydrogens is 338 g/mol. The van der Waals surface area contributed by atoms with Crippen LogP contribution in [0, 0.1) is 5.92 Å². The van der Waals surface area contributed by atoms with Crippen molar-refractivity contribution in [1.82, 2.24) is 19.7 Å². The third-order valence-corrected chi connectivity index (χ3v) is 6.25. The largest absolute Gasteiger partial charge is 0.341 e. The Morgan fingerprint density at radius 3 is 2.36 bits per heavy atom. The number of imide groups is 1. The Bertz CT molecular complexity index is 648. The third-order valence-electron chi connectivity index (χ3n) is 5.33. The quantitative estimate of drug-likeness (QED) is 0.569. The first-order valence-electron chi connectivity index (χ1n) is 9.29. The predicted octanol–water partition coefficient (Wildman–Crippen LogP) is 2.09. The molecule has 3 heterocycles. The van der Waals surface area contributed by atoms with Crippen LogP contribution in [0.1, 0.15) is 51.5 Å². The van der Waals surface area contributed by atoms with Crippen molar-refractivity contribution in [3.8, 4) is 0 Å². The summed E-state index contributed by atoms with van der Waals surface area (Å²) in [6.07, 6.45) is 5.51. The van der Waals surface area contributed by atoms with Crippen molar-refractivity contribution in [2.75, 3.05) is 30.3 Å². The molecule has 7 nitrogen and oxygen atoms in total. The minimum atomic E-state index is -0.0441. The molecule has 1 aromatic rings. The Labute approximate surface area is 152 Å². The number of nitrogens with zero attached hydrogens (tertiary/aromatic N) is 5. The highest BCUT2D eigenvalue weighted by Crippen LogP contribution is 2.41. The zero-order valence-corrected chi connectivity index (χ0v) is 15.5. The van der Waals surface area contributed by atoms with Gasteiger partial charge in [0.1, 0.15) is 0 Å². The molecule has 0 bridgehead atoms. The average Bonchev–Trinajstić information content (AvgIpc) is 3.29. The summed E-state index contributed by atoms with van der Waals surface area (Å²) in [4.78, 5) is 27.2. The van der Waals surface area contributed by atoms with E-state index in [1.807, 2.05) is 0 Å². The minimum Gasteiger partial charge on any atom is -0.341 e.